The van der Waals surface area contributed by atoms with E-state index >= 15 is 0 Å². The molecule has 3 aromatic rings. The molecule has 3 N–H and O–H groups in total. The average molecular weight is 280 g/mol. The topological polar surface area (TPSA) is 81.6 Å². The van der Waals surface area contributed by atoms with E-state index in [1.54, 1.807) is 16.9 Å². The van der Waals surface area contributed by atoms with Gasteiger partial charge in [-0.2, -0.15) is 5.10 Å². The van der Waals surface area contributed by atoms with Gasteiger partial charge in [0.25, 0.3) is 0 Å². The zero-order chi connectivity index (χ0) is 14.8. The summed E-state index contributed by atoms with van der Waals surface area (Å²) in [5.41, 5.74) is 6.43. The van der Waals surface area contributed by atoms with Crippen LogP contribution in [-0.4, -0.2) is 19.7 Å². The predicted octanol–water partition coefficient (Wildman–Crippen LogP) is 2.14. The predicted molar refractivity (Wildman–Crippen MR) is 82.2 cm³/mol. The first-order chi connectivity index (χ1) is 10.2. The maximum Gasteiger partial charge on any atom is 0.162 e. The lowest BCUT2D eigenvalue weighted by Crippen LogP contribution is -2.09. The second-order valence-corrected chi connectivity index (χ2v) is 4.88. The fourth-order valence-electron chi connectivity index (χ4n) is 2.05. The van der Waals surface area contributed by atoms with Crippen LogP contribution in [-0.2, 0) is 7.05 Å². The fraction of sp³-hybridized carbons (Fsp3) is 0.133. The maximum absolute atomic E-state index is 5.51. The van der Waals surface area contributed by atoms with Crippen molar-refractivity contribution in [3.8, 4) is 22.6 Å². The van der Waals surface area contributed by atoms with Gasteiger partial charge >= 0.3 is 0 Å². The molecule has 0 bridgehead atoms. The van der Waals surface area contributed by atoms with E-state index in [-0.39, 0.29) is 0 Å². The maximum atomic E-state index is 5.51. The number of aromatic nitrogens is 4. The first-order valence-corrected chi connectivity index (χ1v) is 6.57. The van der Waals surface area contributed by atoms with Crippen molar-refractivity contribution >= 4 is 5.82 Å². The van der Waals surface area contributed by atoms with Gasteiger partial charge in [0.15, 0.2) is 5.82 Å². The van der Waals surface area contributed by atoms with E-state index in [2.05, 4.69) is 20.5 Å². The number of rotatable bonds is 3. The van der Waals surface area contributed by atoms with E-state index in [1.165, 1.54) is 5.56 Å². The minimum atomic E-state index is 0.569. The number of anilines is 1. The SMILES string of the molecule is Cc1ccc(-c2nc(NN)cc(-c3cnn(C)c3)n2)cc1. The van der Waals surface area contributed by atoms with Crippen LogP contribution in [0.1, 0.15) is 5.56 Å². The van der Waals surface area contributed by atoms with Gasteiger partial charge in [0, 0.05) is 30.4 Å². The molecule has 6 nitrogen and oxygen atoms in total. The molecule has 0 aliphatic rings. The Morgan fingerprint density at radius 3 is 2.48 bits per heavy atom. The third-order valence-corrected chi connectivity index (χ3v) is 3.18. The second-order valence-electron chi connectivity index (χ2n) is 4.88. The van der Waals surface area contributed by atoms with Crippen molar-refractivity contribution in [1.29, 1.82) is 0 Å². The number of hydrazine groups is 1. The quantitative estimate of drug-likeness (QED) is 0.567. The van der Waals surface area contributed by atoms with E-state index in [0.29, 0.717) is 11.6 Å². The average Bonchev–Trinajstić information content (AvgIpc) is 2.94. The molecule has 2 aromatic heterocycles. The van der Waals surface area contributed by atoms with Gasteiger partial charge in [0.2, 0.25) is 0 Å². The monoisotopic (exact) mass is 280 g/mol. The van der Waals surface area contributed by atoms with E-state index in [1.807, 2.05) is 44.4 Å². The van der Waals surface area contributed by atoms with Gasteiger partial charge in [-0.15, -0.1) is 0 Å². The van der Waals surface area contributed by atoms with Crippen molar-refractivity contribution < 1.29 is 0 Å². The molecule has 0 aliphatic heterocycles. The van der Waals surface area contributed by atoms with Crippen LogP contribution < -0.4 is 11.3 Å². The third-order valence-electron chi connectivity index (χ3n) is 3.18. The number of nitrogens with two attached hydrogens (primary N) is 1. The second kappa shape index (κ2) is 5.34. The van der Waals surface area contributed by atoms with Crippen LogP contribution in [0.3, 0.4) is 0 Å². The van der Waals surface area contributed by atoms with Crippen molar-refractivity contribution in [2.75, 3.05) is 5.43 Å². The molecular formula is C15H16N6. The number of hydrogen-bond donors (Lipinski definition) is 2. The Kier molecular flexibility index (Phi) is 3.37. The Morgan fingerprint density at radius 2 is 1.86 bits per heavy atom. The summed E-state index contributed by atoms with van der Waals surface area (Å²) < 4.78 is 1.73. The number of nitrogens with one attached hydrogen (secondary N) is 1. The van der Waals surface area contributed by atoms with Crippen LogP contribution in [0.4, 0.5) is 5.82 Å². The minimum Gasteiger partial charge on any atom is -0.308 e. The molecule has 0 amide bonds. The summed E-state index contributed by atoms with van der Waals surface area (Å²) in [6, 6.07) is 9.86. The molecule has 6 heteroatoms. The standard InChI is InChI=1S/C15H16N6/c1-10-3-5-11(6-4-10)15-18-13(7-14(19-15)20-16)12-8-17-21(2)9-12/h3-9H,16H2,1-2H3,(H,18,19,20). The van der Waals surface area contributed by atoms with E-state index in [0.717, 1.165) is 16.8 Å². The Balaban J connectivity index is 2.10. The summed E-state index contributed by atoms with van der Waals surface area (Å²) in [6.45, 7) is 2.05. The van der Waals surface area contributed by atoms with Crippen LogP contribution in [0.15, 0.2) is 42.7 Å². The first kappa shape index (κ1) is 13.3. The van der Waals surface area contributed by atoms with Gasteiger partial charge < -0.3 is 5.43 Å². The minimum absolute atomic E-state index is 0.569. The summed E-state index contributed by atoms with van der Waals surface area (Å²) >= 11 is 0. The lowest BCUT2D eigenvalue weighted by Gasteiger charge is -2.07. The summed E-state index contributed by atoms with van der Waals surface area (Å²) in [5, 5.41) is 4.17. The van der Waals surface area contributed by atoms with Crippen molar-refractivity contribution in [2.24, 2.45) is 12.9 Å². The van der Waals surface area contributed by atoms with Crippen molar-refractivity contribution in [2.45, 2.75) is 6.92 Å². The molecule has 0 aliphatic carbocycles. The number of nitrogen functional groups attached to an aromatic ring is 1. The van der Waals surface area contributed by atoms with Crippen LogP contribution >= 0.6 is 0 Å². The molecule has 1 aromatic carbocycles. The lowest BCUT2D eigenvalue weighted by molar-refractivity contribution is 0.768. The number of nitrogens with zero attached hydrogens (tertiary/aromatic N) is 4. The first-order valence-electron chi connectivity index (χ1n) is 6.57. The number of benzene rings is 1. The molecule has 0 atom stereocenters. The summed E-state index contributed by atoms with van der Waals surface area (Å²) in [7, 11) is 1.87. The zero-order valence-corrected chi connectivity index (χ0v) is 11.9. The van der Waals surface area contributed by atoms with Crippen LogP contribution in [0.5, 0.6) is 0 Å². The molecule has 0 saturated heterocycles. The van der Waals surface area contributed by atoms with Crippen molar-refractivity contribution in [3.63, 3.8) is 0 Å². The highest BCUT2D eigenvalue weighted by Gasteiger charge is 2.09. The van der Waals surface area contributed by atoms with Crippen LogP contribution in [0.2, 0.25) is 0 Å². The Labute approximate surface area is 122 Å². The molecule has 0 radical (unpaired) electrons. The molecule has 3 rings (SSSR count). The molecule has 2 heterocycles. The largest absolute Gasteiger partial charge is 0.308 e. The zero-order valence-electron chi connectivity index (χ0n) is 11.9. The van der Waals surface area contributed by atoms with E-state index < -0.39 is 0 Å². The molecule has 0 fully saturated rings. The normalized spacial score (nSPS) is 10.6. The summed E-state index contributed by atoms with van der Waals surface area (Å²) in [5.74, 6) is 6.71. The third kappa shape index (κ3) is 2.75. The van der Waals surface area contributed by atoms with Gasteiger partial charge in [-0.05, 0) is 6.92 Å². The smallest absolute Gasteiger partial charge is 0.162 e. The molecule has 21 heavy (non-hydrogen) atoms. The van der Waals surface area contributed by atoms with Gasteiger partial charge in [0.1, 0.15) is 5.82 Å². The molecule has 106 valence electrons. The number of hydrogen-bond acceptors (Lipinski definition) is 5. The van der Waals surface area contributed by atoms with Crippen LogP contribution in [0.25, 0.3) is 22.6 Å². The Hall–Kier alpha value is -2.73. The lowest BCUT2D eigenvalue weighted by atomic mass is 10.1. The van der Waals surface area contributed by atoms with Crippen molar-refractivity contribution in [1.82, 2.24) is 19.7 Å². The van der Waals surface area contributed by atoms with Gasteiger partial charge in [-0.3, -0.25) is 4.68 Å². The molecule has 0 saturated carbocycles. The summed E-state index contributed by atoms with van der Waals surface area (Å²) in [4.78, 5) is 9.01. The molecular weight excluding hydrogens is 264 g/mol. The highest BCUT2D eigenvalue weighted by molar-refractivity contribution is 5.66. The Bertz CT molecular complexity index is 760. The van der Waals surface area contributed by atoms with Gasteiger partial charge in [0.05, 0.1) is 11.9 Å². The van der Waals surface area contributed by atoms with Gasteiger partial charge in [-0.25, -0.2) is 15.8 Å². The molecule has 0 spiro atoms. The highest BCUT2D eigenvalue weighted by atomic mass is 15.3. The fourth-order valence-corrected chi connectivity index (χ4v) is 2.05. The van der Waals surface area contributed by atoms with E-state index in [4.69, 9.17) is 5.84 Å². The Morgan fingerprint density at radius 1 is 1.10 bits per heavy atom. The highest BCUT2D eigenvalue weighted by Crippen LogP contribution is 2.23. The van der Waals surface area contributed by atoms with Crippen LogP contribution in [0, 0.1) is 6.92 Å². The summed E-state index contributed by atoms with van der Waals surface area (Å²) in [6.07, 6.45) is 3.67. The van der Waals surface area contributed by atoms with Gasteiger partial charge in [-0.1, -0.05) is 29.8 Å². The number of aryl methyl sites for hydroxylation is 2. The van der Waals surface area contributed by atoms with Crippen molar-refractivity contribution in [3.05, 3.63) is 48.3 Å². The van der Waals surface area contributed by atoms with E-state index in [9.17, 15) is 0 Å². The molecule has 0 unspecified atom stereocenters.